The van der Waals surface area contributed by atoms with Gasteiger partial charge in [-0.05, 0) is 38.0 Å². The highest BCUT2D eigenvalue weighted by Gasteiger charge is 2.38. The fourth-order valence-corrected chi connectivity index (χ4v) is 4.34. The summed E-state index contributed by atoms with van der Waals surface area (Å²) in [6.45, 7) is 4.18. The predicted octanol–water partition coefficient (Wildman–Crippen LogP) is 2.89. The van der Waals surface area contributed by atoms with E-state index in [0.717, 1.165) is 42.5 Å². The number of hydrogen-bond donors (Lipinski definition) is 2. The van der Waals surface area contributed by atoms with Gasteiger partial charge in [-0.15, -0.1) is 0 Å². The monoisotopic (exact) mass is 387 g/mol. The zero-order valence-corrected chi connectivity index (χ0v) is 16.1. The lowest BCUT2D eigenvalue weighted by atomic mass is 10.1. The second-order valence-electron chi connectivity index (χ2n) is 7.41. The van der Waals surface area contributed by atoms with Crippen LogP contribution >= 0.6 is 0 Å². The molecule has 5 rings (SSSR count). The molecule has 2 aliphatic rings. The van der Waals surface area contributed by atoms with Gasteiger partial charge in [0.1, 0.15) is 11.4 Å². The van der Waals surface area contributed by atoms with Gasteiger partial charge in [0.25, 0.3) is 5.91 Å². The molecule has 0 radical (unpaired) electrons. The van der Waals surface area contributed by atoms with Gasteiger partial charge in [-0.25, -0.2) is 4.98 Å². The number of anilines is 3. The Kier molecular flexibility index (Phi) is 4.09. The van der Waals surface area contributed by atoms with Gasteiger partial charge >= 0.3 is 0 Å². The highest BCUT2D eigenvalue weighted by atomic mass is 16.2. The Bertz CT molecular complexity index is 1150. The van der Waals surface area contributed by atoms with Gasteiger partial charge in [0, 0.05) is 49.0 Å². The van der Waals surface area contributed by atoms with Crippen molar-refractivity contribution in [3.63, 3.8) is 0 Å². The van der Waals surface area contributed by atoms with Gasteiger partial charge in [-0.1, -0.05) is 0 Å². The quantitative estimate of drug-likeness (QED) is 0.717. The molecule has 1 fully saturated rings. The van der Waals surface area contributed by atoms with Gasteiger partial charge in [-0.2, -0.15) is 10.2 Å². The molecule has 2 aromatic heterocycles. The number of rotatable bonds is 3. The molecule has 2 N–H and O–H groups in total. The Morgan fingerprint density at radius 3 is 3.14 bits per heavy atom. The van der Waals surface area contributed by atoms with Crippen molar-refractivity contribution in [3.05, 3.63) is 41.7 Å². The number of carbonyl (C=O) groups is 1. The number of aromatic amines is 1. The number of carbonyl (C=O) groups excluding carboxylic acids is 1. The van der Waals surface area contributed by atoms with E-state index in [9.17, 15) is 10.1 Å². The van der Waals surface area contributed by atoms with Crippen LogP contribution in [-0.4, -0.2) is 46.5 Å². The van der Waals surface area contributed by atoms with Gasteiger partial charge in [0.2, 0.25) is 5.95 Å². The maximum Gasteiger partial charge on any atom is 0.263 e. The largest absolute Gasteiger partial charge is 0.359 e. The summed E-state index contributed by atoms with van der Waals surface area (Å²) in [4.78, 5) is 29.8. The van der Waals surface area contributed by atoms with E-state index >= 15 is 0 Å². The van der Waals surface area contributed by atoms with Crippen LogP contribution in [-0.2, 0) is 0 Å². The Morgan fingerprint density at radius 1 is 1.41 bits per heavy atom. The number of H-pyrrole nitrogens is 1. The highest BCUT2D eigenvalue weighted by Crippen LogP contribution is 2.36. The third kappa shape index (κ3) is 2.78. The topological polar surface area (TPSA) is 101 Å². The highest BCUT2D eigenvalue weighted by molar-refractivity contribution is 6.13. The Balaban J connectivity index is 1.64. The van der Waals surface area contributed by atoms with Crippen molar-refractivity contribution < 1.29 is 4.79 Å². The van der Waals surface area contributed by atoms with Crippen LogP contribution in [0.2, 0.25) is 0 Å². The maximum absolute atomic E-state index is 13.6. The van der Waals surface area contributed by atoms with Crippen molar-refractivity contribution in [1.29, 1.82) is 5.26 Å². The molecule has 1 amide bonds. The molecule has 1 aromatic carbocycles. The van der Waals surface area contributed by atoms with E-state index in [0.29, 0.717) is 29.4 Å². The first kappa shape index (κ1) is 17.5. The molecule has 4 heterocycles. The van der Waals surface area contributed by atoms with E-state index in [-0.39, 0.29) is 11.9 Å². The van der Waals surface area contributed by atoms with Crippen molar-refractivity contribution in [1.82, 2.24) is 15.0 Å². The SMILES string of the molecule is CCNc1ncc2c(n1)N1CCCC1CN(c1c[nH]c3ccc(C#N)cc13)C2=O. The van der Waals surface area contributed by atoms with Crippen LogP contribution in [0.4, 0.5) is 17.5 Å². The summed E-state index contributed by atoms with van der Waals surface area (Å²) in [5, 5.41) is 13.3. The number of fused-ring (bicyclic) bond motifs is 4. The maximum atomic E-state index is 13.6. The average Bonchev–Trinajstić information content (AvgIpc) is 3.35. The summed E-state index contributed by atoms with van der Waals surface area (Å²) in [6, 6.07) is 7.87. The van der Waals surface area contributed by atoms with Crippen LogP contribution < -0.4 is 15.1 Å². The summed E-state index contributed by atoms with van der Waals surface area (Å²) in [6.07, 6.45) is 5.56. The molecule has 2 aliphatic heterocycles. The number of hydrogen-bond acceptors (Lipinski definition) is 6. The van der Waals surface area contributed by atoms with Gasteiger partial charge in [0.05, 0.1) is 17.3 Å². The molecular weight excluding hydrogens is 366 g/mol. The minimum Gasteiger partial charge on any atom is -0.359 e. The van der Waals surface area contributed by atoms with E-state index < -0.39 is 0 Å². The molecule has 0 bridgehead atoms. The zero-order chi connectivity index (χ0) is 20.0. The van der Waals surface area contributed by atoms with E-state index in [1.54, 1.807) is 12.3 Å². The van der Waals surface area contributed by atoms with Crippen LogP contribution in [0.25, 0.3) is 10.9 Å². The number of nitrogens with one attached hydrogen (secondary N) is 2. The molecule has 0 saturated carbocycles. The number of nitrogens with zero attached hydrogens (tertiary/aromatic N) is 5. The van der Waals surface area contributed by atoms with Crippen LogP contribution in [0.3, 0.4) is 0 Å². The Labute approximate surface area is 168 Å². The summed E-state index contributed by atoms with van der Waals surface area (Å²) >= 11 is 0. The first-order chi connectivity index (χ1) is 14.2. The van der Waals surface area contributed by atoms with Crippen LogP contribution in [0.15, 0.2) is 30.6 Å². The Hall–Kier alpha value is -3.60. The van der Waals surface area contributed by atoms with E-state index in [4.69, 9.17) is 0 Å². The first-order valence-electron chi connectivity index (χ1n) is 9.90. The lowest BCUT2D eigenvalue weighted by molar-refractivity contribution is 0.0988. The van der Waals surface area contributed by atoms with Crippen molar-refractivity contribution >= 4 is 34.3 Å². The summed E-state index contributed by atoms with van der Waals surface area (Å²) in [5.41, 5.74) is 2.78. The lowest BCUT2D eigenvalue weighted by Crippen LogP contribution is -2.39. The first-order valence-corrected chi connectivity index (χ1v) is 9.90. The molecule has 8 nitrogen and oxygen atoms in total. The van der Waals surface area contributed by atoms with Crippen LogP contribution in [0.5, 0.6) is 0 Å². The molecule has 1 atom stereocenters. The molecule has 146 valence electrons. The van der Waals surface area contributed by atoms with Gasteiger partial charge < -0.3 is 20.1 Å². The molecule has 0 aliphatic carbocycles. The molecular formula is C21H21N7O. The van der Waals surface area contributed by atoms with E-state index in [2.05, 4.69) is 31.2 Å². The summed E-state index contributed by atoms with van der Waals surface area (Å²) in [5.74, 6) is 1.15. The van der Waals surface area contributed by atoms with Crippen molar-refractivity contribution in [3.8, 4) is 6.07 Å². The van der Waals surface area contributed by atoms with Crippen molar-refractivity contribution in [2.24, 2.45) is 0 Å². The molecule has 1 saturated heterocycles. The molecule has 29 heavy (non-hydrogen) atoms. The summed E-state index contributed by atoms with van der Waals surface area (Å²) in [7, 11) is 0. The van der Waals surface area contributed by atoms with Gasteiger partial charge in [0.15, 0.2) is 0 Å². The fraction of sp³-hybridized carbons (Fsp3) is 0.333. The number of nitriles is 1. The predicted molar refractivity (Wildman–Crippen MR) is 111 cm³/mol. The number of amides is 1. The molecule has 8 heteroatoms. The van der Waals surface area contributed by atoms with E-state index in [1.807, 2.05) is 30.2 Å². The van der Waals surface area contributed by atoms with Gasteiger partial charge in [-0.3, -0.25) is 4.79 Å². The minimum atomic E-state index is -0.110. The zero-order valence-electron chi connectivity index (χ0n) is 16.1. The normalized spacial score (nSPS) is 18.3. The van der Waals surface area contributed by atoms with Crippen molar-refractivity contribution in [2.75, 3.05) is 34.8 Å². The molecule has 1 unspecified atom stereocenters. The second-order valence-corrected chi connectivity index (χ2v) is 7.41. The third-order valence-corrected chi connectivity index (χ3v) is 5.70. The number of aromatic nitrogens is 3. The average molecular weight is 387 g/mol. The fourth-order valence-electron chi connectivity index (χ4n) is 4.34. The second kappa shape index (κ2) is 6.78. The third-order valence-electron chi connectivity index (χ3n) is 5.70. The standard InChI is InChI=1S/C21H21N7O/c1-2-23-21-25-10-16-19(26-21)27-7-3-4-14(27)12-28(20(16)29)18-11-24-17-6-5-13(9-22)8-15(17)18/h5-6,8,10-11,14,24H,2-4,7,12H2,1H3,(H,23,25,26). The Morgan fingerprint density at radius 2 is 2.31 bits per heavy atom. The van der Waals surface area contributed by atoms with E-state index in [1.165, 1.54) is 0 Å². The smallest absolute Gasteiger partial charge is 0.263 e. The molecule has 0 spiro atoms. The lowest BCUT2D eigenvalue weighted by Gasteiger charge is -2.26. The minimum absolute atomic E-state index is 0.110. The summed E-state index contributed by atoms with van der Waals surface area (Å²) < 4.78 is 0. The van der Waals surface area contributed by atoms with Crippen LogP contribution in [0, 0.1) is 11.3 Å². The number of benzene rings is 1. The van der Waals surface area contributed by atoms with Crippen LogP contribution in [0.1, 0.15) is 35.7 Å². The molecule has 3 aromatic rings. The van der Waals surface area contributed by atoms with Crippen molar-refractivity contribution in [2.45, 2.75) is 25.8 Å².